The number of allylic oxidation sites excluding steroid dienone is 8. The van der Waals surface area contributed by atoms with Crippen LogP contribution in [0.2, 0.25) is 0 Å². The summed E-state index contributed by atoms with van der Waals surface area (Å²) in [7, 11) is 0. The molecule has 0 N–H and O–H groups in total. The number of carbonyl (C=O) groups excluding carboxylic acids is 3. The van der Waals surface area contributed by atoms with Crippen LogP contribution in [0.5, 0.6) is 0 Å². The van der Waals surface area contributed by atoms with E-state index >= 15 is 0 Å². The van der Waals surface area contributed by atoms with Crippen molar-refractivity contribution in [1.29, 1.82) is 0 Å². The molecular weight excluding hydrogens is 865 g/mol. The Kier molecular flexibility index (Phi) is 56.7. The van der Waals surface area contributed by atoms with Gasteiger partial charge in [-0.05, 0) is 70.6 Å². The van der Waals surface area contributed by atoms with E-state index in [9.17, 15) is 14.4 Å². The van der Waals surface area contributed by atoms with Gasteiger partial charge in [0.15, 0.2) is 6.10 Å². The van der Waals surface area contributed by atoms with E-state index in [2.05, 4.69) is 69.4 Å². The first kappa shape index (κ1) is 67.4. The molecule has 70 heavy (non-hydrogen) atoms. The molecule has 408 valence electrons. The normalized spacial score (nSPS) is 12.3. The first-order valence-electron chi connectivity index (χ1n) is 30.6. The summed E-state index contributed by atoms with van der Waals surface area (Å²) in [5, 5.41) is 0. The summed E-state index contributed by atoms with van der Waals surface area (Å²) in [5.74, 6) is -0.912. The first-order valence-corrected chi connectivity index (χ1v) is 30.6. The summed E-state index contributed by atoms with van der Waals surface area (Å²) in [6, 6.07) is 0. The molecule has 1 unspecified atom stereocenters. The van der Waals surface area contributed by atoms with E-state index in [1.807, 2.05) is 0 Å². The van der Waals surface area contributed by atoms with Gasteiger partial charge in [-0.1, -0.05) is 281 Å². The van der Waals surface area contributed by atoms with Crippen LogP contribution < -0.4 is 0 Å². The molecule has 0 aromatic heterocycles. The molecule has 0 radical (unpaired) electrons. The van der Waals surface area contributed by atoms with Gasteiger partial charge in [-0.25, -0.2) is 0 Å². The average Bonchev–Trinajstić information content (AvgIpc) is 3.36. The summed E-state index contributed by atoms with van der Waals surface area (Å²) in [6.45, 7) is 6.49. The fourth-order valence-electron chi connectivity index (χ4n) is 8.97. The topological polar surface area (TPSA) is 78.9 Å². The minimum Gasteiger partial charge on any atom is -0.462 e. The van der Waals surface area contributed by atoms with Crippen molar-refractivity contribution in [2.75, 3.05) is 13.2 Å². The maximum Gasteiger partial charge on any atom is 0.306 e. The molecule has 0 fully saturated rings. The van der Waals surface area contributed by atoms with Crippen molar-refractivity contribution in [2.45, 2.75) is 329 Å². The molecule has 0 heterocycles. The van der Waals surface area contributed by atoms with Crippen LogP contribution in [0.3, 0.4) is 0 Å². The highest BCUT2D eigenvalue weighted by molar-refractivity contribution is 5.71. The van der Waals surface area contributed by atoms with Gasteiger partial charge in [0.25, 0.3) is 0 Å². The van der Waals surface area contributed by atoms with Crippen molar-refractivity contribution in [3.63, 3.8) is 0 Å². The van der Waals surface area contributed by atoms with Crippen molar-refractivity contribution in [1.82, 2.24) is 0 Å². The Labute approximate surface area is 435 Å². The molecule has 0 saturated heterocycles. The Morgan fingerprint density at radius 3 is 0.943 bits per heavy atom. The number of rotatable bonds is 56. The molecule has 0 saturated carbocycles. The summed E-state index contributed by atoms with van der Waals surface area (Å²) >= 11 is 0. The van der Waals surface area contributed by atoms with Gasteiger partial charge in [0.2, 0.25) is 0 Å². The second kappa shape index (κ2) is 58.9. The molecule has 0 amide bonds. The zero-order chi connectivity index (χ0) is 50.7. The van der Waals surface area contributed by atoms with E-state index in [0.717, 1.165) is 89.9 Å². The lowest BCUT2D eigenvalue weighted by Gasteiger charge is -2.18. The van der Waals surface area contributed by atoms with Crippen molar-refractivity contribution >= 4 is 17.9 Å². The van der Waals surface area contributed by atoms with Gasteiger partial charge < -0.3 is 14.2 Å². The Morgan fingerprint density at radius 1 is 0.300 bits per heavy atom. The number of esters is 3. The largest absolute Gasteiger partial charge is 0.462 e. The average molecular weight is 982 g/mol. The molecular formula is C64H116O6. The van der Waals surface area contributed by atoms with Crippen molar-refractivity contribution in [2.24, 2.45) is 0 Å². The Hall–Kier alpha value is -2.63. The molecule has 0 spiro atoms. The SMILES string of the molecule is CC/C=C\C/C=C\C/C=C\CCCCCC(=O)OC(COC(=O)CCCCCCC/C=C\CCCC)COC(=O)CCCCCCCCCCCCCCCCCCCCCCCCCCCCCC. The van der Waals surface area contributed by atoms with Gasteiger partial charge in [-0.3, -0.25) is 14.4 Å². The van der Waals surface area contributed by atoms with Crippen LogP contribution in [0, 0.1) is 0 Å². The van der Waals surface area contributed by atoms with Crippen LogP contribution in [-0.2, 0) is 28.6 Å². The molecule has 6 nitrogen and oxygen atoms in total. The van der Waals surface area contributed by atoms with Crippen LogP contribution in [0.1, 0.15) is 323 Å². The van der Waals surface area contributed by atoms with E-state index in [1.165, 1.54) is 193 Å². The van der Waals surface area contributed by atoms with Crippen LogP contribution in [0.4, 0.5) is 0 Å². The standard InChI is InChI=1S/C64H116O6/c1-4-7-10-13-16-19-22-24-25-26-27-28-29-30-31-32-33-34-35-36-37-38-40-42-45-48-51-54-57-63(66)69-60-61(59-68-62(65)56-53-50-47-44-41-21-18-15-12-9-6-3)70-64(67)58-55-52-49-46-43-39-23-20-17-14-11-8-5-2/h8,11,15,17-18,20,39,43,61H,4-7,9-10,12-14,16,19,21-38,40-42,44-60H2,1-3H3/b11-8-,18-15-,20-17-,43-39-. The van der Waals surface area contributed by atoms with E-state index < -0.39 is 6.10 Å². The van der Waals surface area contributed by atoms with Crippen LogP contribution in [-0.4, -0.2) is 37.2 Å². The van der Waals surface area contributed by atoms with E-state index in [0.29, 0.717) is 19.3 Å². The highest BCUT2D eigenvalue weighted by atomic mass is 16.6. The number of hydrogen-bond donors (Lipinski definition) is 0. The molecule has 0 aromatic rings. The predicted octanol–water partition coefficient (Wildman–Crippen LogP) is 20.6. The van der Waals surface area contributed by atoms with Gasteiger partial charge in [0.05, 0.1) is 0 Å². The van der Waals surface area contributed by atoms with Crippen LogP contribution in [0.15, 0.2) is 48.6 Å². The van der Waals surface area contributed by atoms with E-state index in [4.69, 9.17) is 14.2 Å². The van der Waals surface area contributed by atoms with Crippen molar-refractivity contribution in [3.05, 3.63) is 48.6 Å². The number of hydrogen-bond acceptors (Lipinski definition) is 6. The maximum absolute atomic E-state index is 12.8. The highest BCUT2D eigenvalue weighted by Crippen LogP contribution is 2.17. The minimum atomic E-state index is -0.789. The fourth-order valence-corrected chi connectivity index (χ4v) is 8.97. The first-order chi connectivity index (χ1) is 34.5. The van der Waals surface area contributed by atoms with Crippen molar-refractivity contribution in [3.8, 4) is 0 Å². The zero-order valence-electron chi connectivity index (χ0n) is 46.8. The third-order valence-corrected chi connectivity index (χ3v) is 13.6. The van der Waals surface area contributed by atoms with Crippen LogP contribution in [0.25, 0.3) is 0 Å². The second-order valence-electron chi connectivity index (χ2n) is 20.6. The smallest absolute Gasteiger partial charge is 0.306 e. The third kappa shape index (κ3) is 56.3. The Balaban J connectivity index is 4.12. The second-order valence-corrected chi connectivity index (χ2v) is 20.6. The van der Waals surface area contributed by atoms with Gasteiger partial charge in [-0.15, -0.1) is 0 Å². The highest BCUT2D eigenvalue weighted by Gasteiger charge is 2.19. The number of ether oxygens (including phenoxy) is 3. The maximum atomic E-state index is 12.8. The van der Waals surface area contributed by atoms with Gasteiger partial charge in [-0.2, -0.15) is 0 Å². The summed E-state index contributed by atoms with van der Waals surface area (Å²) in [5.41, 5.74) is 0. The number of unbranched alkanes of at least 4 members (excludes halogenated alkanes) is 37. The van der Waals surface area contributed by atoms with Gasteiger partial charge in [0, 0.05) is 19.3 Å². The molecule has 6 heteroatoms. The van der Waals surface area contributed by atoms with Gasteiger partial charge in [0.1, 0.15) is 13.2 Å². The minimum absolute atomic E-state index is 0.0849. The molecule has 0 aliphatic carbocycles. The molecule has 1 atom stereocenters. The van der Waals surface area contributed by atoms with Crippen LogP contribution >= 0.6 is 0 Å². The zero-order valence-corrected chi connectivity index (χ0v) is 46.8. The monoisotopic (exact) mass is 981 g/mol. The molecule has 0 aliphatic heterocycles. The summed E-state index contributed by atoms with van der Waals surface area (Å²) in [4.78, 5) is 38.1. The molecule has 0 bridgehead atoms. The van der Waals surface area contributed by atoms with E-state index in [-0.39, 0.29) is 31.1 Å². The molecule has 0 aromatic carbocycles. The summed E-state index contributed by atoms with van der Waals surface area (Å²) in [6.07, 6.45) is 72.9. The quantitative estimate of drug-likeness (QED) is 0.0261. The predicted molar refractivity (Wildman–Crippen MR) is 302 cm³/mol. The molecule has 0 aliphatic rings. The Bertz CT molecular complexity index is 1220. The lowest BCUT2D eigenvalue weighted by Crippen LogP contribution is -2.30. The van der Waals surface area contributed by atoms with E-state index in [1.54, 1.807) is 0 Å². The van der Waals surface area contributed by atoms with Gasteiger partial charge >= 0.3 is 17.9 Å². The Morgan fingerprint density at radius 2 is 0.571 bits per heavy atom. The molecule has 0 rings (SSSR count). The fraction of sp³-hybridized carbons (Fsp3) is 0.828. The van der Waals surface area contributed by atoms with Crippen molar-refractivity contribution < 1.29 is 28.6 Å². The lowest BCUT2D eigenvalue weighted by atomic mass is 10.0. The third-order valence-electron chi connectivity index (χ3n) is 13.6. The number of carbonyl (C=O) groups is 3. The summed E-state index contributed by atoms with van der Waals surface area (Å²) < 4.78 is 16.8. The lowest BCUT2D eigenvalue weighted by molar-refractivity contribution is -0.167.